The summed E-state index contributed by atoms with van der Waals surface area (Å²) in [5.74, 6) is 0.426. The van der Waals surface area contributed by atoms with Gasteiger partial charge in [0.05, 0.1) is 0 Å². The van der Waals surface area contributed by atoms with E-state index in [9.17, 15) is 4.79 Å². The normalized spacial score (nSPS) is 12.2. The van der Waals surface area contributed by atoms with Crippen molar-refractivity contribution < 1.29 is 10.1 Å². The number of nitrogens with one attached hydrogen (secondary N) is 1. The van der Waals surface area contributed by atoms with E-state index in [2.05, 4.69) is 65.5 Å². The van der Waals surface area contributed by atoms with Gasteiger partial charge in [0.1, 0.15) is 6.04 Å². The summed E-state index contributed by atoms with van der Waals surface area (Å²) in [5, 5.41) is 5.16. The zero-order valence-electron chi connectivity index (χ0n) is 14.6. The average Bonchev–Trinajstić information content (AvgIpc) is 2.57. The summed E-state index contributed by atoms with van der Waals surface area (Å²) in [6, 6.07) is 16.6. The third kappa shape index (κ3) is 5.18. The minimum atomic E-state index is 0.0404. The maximum atomic E-state index is 12.3. The molecule has 0 aliphatic carbocycles. The van der Waals surface area contributed by atoms with E-state index in [1.165, 1.54) is 11.1 Å². The van der Waals surface area contributed by atoms with Crippen molar-refractivity contribution in [3.63, 3.8) is 0 Å². The van der Waals surface area contributed by atoms with Crippen LogP contribution < -0.4 is 10.6 Å². The highest BCUT2D eigenvalue weighted by molar-refractivity contribution is 9.10. The van der Waals surface area contributed by atoms with Gasteiger partial charge in [0, 0.05) is 22.1 Å². The molecule has 0 heterocycles. The molecule has 24 heavy (non-hydrogen) atoms. The zero-order valence-corrected chi connectivity index (χ0v) is 16.1. The third-order valence-electron chi connectivity index (χ3n) is 4.18. The predicted octanol–water partition coefficient (Wildman–Crippen LogP) is 4.23. The Morgan fingerprint density at radius 1 is 1.12 bits per heavy atom. The number of amides is 1. The second-order valence-electron chi connectivity index (χ2n) is 6.30. The molecule has 3 nitrogen and oxygen atoms in total. The molecule has 0 unspecified atom stereocenters. The van der Waals surface area contributed by atoms with Gasteiger partial charge in [-0.1, -0.05) is 67.0 Å². The number of rotatable bonds is 7. The number of nitrogens with two attached hydrogens (primary N) is 1. The summed E-state index contributed by atoms with van der Waals surface area (Å²) in [5.41, 5.74) is 3.34. The Balaban J connectivity index is 1.96. The molecule has 4 heteroatoms. The van der Waals surface area contributed by atoms with Gasteiger partial charge in [0.2, 0.25) is 0 Å². The fourth-order valence-corrected chi connectivity index (χ4v) is 3.08. The minimum Gasteiger partial charge on any atom is -0.332 e. The standard InChI is InChI=1S/C20H25BrN2O/c1-4-18(15-9-11-16(21)12-10-15)22-13-20(24)23-19-8-6-5-7-17(19)14(2)3/h5-12,14,18,22H,4,13H2,1-3H3,(H,23,24)/p+1/t18-/m0/s1. The van der Waals surface area contributed by atoms with Crippen LogP contribution in [0.1, 0.15) is 50.3 Å². The van der Waals surface area contributed by atoms with E-state index in [1.807, 2.05) is 30.3 Å². The first-order valence-electron chi connectivity index (χ1n) is 8.48. The van der Waals surface area contributed by atoms with Gasteiger partial charge in [-0.3, -0.25) is 4.79 Å². The van der Waals surface area contributed by atoms with Gasteiger partial charge in [-0.2, -0.15) is 0 Å². The monoisotopic (exact) mass is 389 g/mol. The number of para-hydroxylation sites is 1. The molecular formula is C20H26BrN2O+. The number of halogens is 1. The van der Waals surface area contributed by atoms with Crippen molar-refractivity contribution in [3.05, 3.63) is 64.1 Å². The van der Waals surface area contributed by atoms with Gasteiger partial charge in [0.25, 0.3) is 5.91 Å². The summed E-state index contributed by atoms with van der Waals surface area (Å²) < 4.78 is 1.07. The summed E-state index contributed by atoms with van der Waals surface area (Å²) in [7, 11) is 0. The second kappa shape index (κ2) is 9.00. The largest absolute Gasteiger partial charge is 0.332 e. The van der Waals surface area contributed by atoms with Gasteiger partial charge in [-0.15, -0.1) is 0 Å². The maximum Gasteiger partial charge on any atom is 0.279 e. The number of hydrogen-bond donors (Lipinski definition) is 2. The Hall–Kier alpha value is -1.65. The van der Waals surface area contributed by atoms with E-state index in [4.69, 9.17) is 0 Å². The van der Waals surface area contributed by atoms with Crippen LogP contribution in [-0.2, 0) is 4.79 Å². The van der Waals surface area contributed by atoms with Crippen LogP contribution in [-0.4, -0.2) is 12.5 Å². The van der Waals surface area contributed by atoms with Gasteiger partial charge in [0.15, 0.2) is 6.54 Å². The number of benzene rings is 2. The summed E-state index contributed by atoms with van der Waals surface area (Å²) >= 11 is 3.46. The summed E-state index contributed by atoms with van der Waals surface area (Å²) in [4.78, 5) is 12.3. The smallest absolute Gasteiger partial charge is 0.279 e. The van der Waals surface area contributed by atoms with E-state index < -0.39 is 0 Å². The SMILES string of the molecule is CC[C@H]([NH2+]CC(=O)Nc1ccccc1C(C)C)c1ccc(Br)cc1. The highest BCUT2D eigenvalue weighted by atomic mass is 79.9. The topological polar surface area (TPSA) is 45.7 Å². The lowest BCUT2D eigenvalue weighted by Crippen LogP contribution is -2.87. The van der Waals surface area contributed by atoms with Gasteiger partial charge in [-0.05, 0) is 29.7 Å². The molecule has 3 N–H and O–H groups in total. The molecule has 0 aliphatic rings. The Bertz CT molecular complexity index is 668. The maximum absolute atomic E-state index is 12.3. The molecule has 0 radical (unpaired) electrons. The van der Waals surface area contributed by atoms with Gasteiger partial charge in [-0.25, -0.2) is 0 Å². The lowest BCUT2D eigenvalue weighted by Gasteiger charge is -2.16. The van der Waals surface area contributed by atoms with Crippen molar-refractivity contribution in [2.24, 2.45) is 0 Å². The molecule has 128 valence electrons. The van der Waals surface area contributed by atoms with E-state index >= 15 is 0 Å². The second-order valence-corrected chi connectivity index (χ2v) is 7.21. The molecule has 1 amide bonds. The van der Waals surface area contributed by atoms with Crippen molar-refractivity contribution in [2.75, 3.05) is 11.9 Å². The Morgan fingerprint density at radius 3 is 2.42 bits per heavy atom. The molecule has 0 saturated carbocycles. The first-order chi connectivity index (χ1) is 11.5. The van der Waals surface area contributed by atoms with Crippen LogP contribution in [0.2, 0.25) is 0 Å². The minimum absolute atomic E-state index is 0.0404. The Kier molecular flexibility index (Phi) is 7.00. The average molecular weight is 390 g/mol. The van der Waals surface area contributed by atoms with Crippen molar-refractivity contribution in [3.8, 4) is 0 Å². The molecular weight excluding hydrogens is 364 g/mol. The van der Waals surface area contributed by atoms with Crippen LogP contribution in [0.15, 0.2) is 53.0 Å². The van der Waals surface area contributed by atoms with Crippen molar-refractivity contribution in [2.45, 2.75) is 39.2 Å². The summed E-state index contributed by atoms with van der Waals surface area (Å²) in [6.07, 6.45) is 0.984. The fraction of sp³-hybridized carbons (Fsp3) is 0.350. The van der Waals surface area contributed by atoms with Crippen molar-refractivity contribution in [1.29, 1.82) is 0 Å². The Morgan fingerprint density at radius 2 is 1.79 bits per heavy atom. The molecule has 0 aromatic heterocycles. The van der Waals surface area contributed by atoms with E-state index in [0.717, 1.165) is 16.6 Å². The van der Waals surface area contributed by atoms with Gasteiger partial charge < -0.3 is 10.6 Å². The first kappa shape index (κ1) is 18.7. The number of quaternary nitrogens is 1. The molecule has 2 aromatic rings. The predicted molar refractivity (Wildman–Crippen MR) is 103 cm³/mol. The molecule has 0 spiro atoms. The van der Waals surface area contributed by atoms with Crippen molar-refractivity contribution in [1.82, 2.24) is 0 Å². The van der Waals surface area contributed by atoms with Gasteiger partial charge >= 0.3 is 0 Å². The highest BCUT2D eigenvalue weighted by Crippen LogP contribution is 2.23. The van der Waals surface area contributed by atoms with Crippen LogP contribution >= 0.6 is 15.9 Å². The zero-order chi connectivity index (χ0) is 17.5. The number of carbonyl (C=O) groups excluding carboxylic acids is 1. The van der Waals surface area contributed by atoms with E-state index in [1.54, 1.807) is 0 Å². The number of anilines is 1. The van der Waals surface area contributed by atoms with Crippen LogP contribution in [0.3, 0.4) is 0 Å². The van der Waals surface area contributed by atoms with E-state index in [-0.39, 0.29) is 5.91 Å². The van der Waals surface area contributed by atoms with Crippen LogP contribution in [0.25, 0.3) is 0 Å². The number of hydrogen-bond acceptors (Lipinski definition) is 1. The lowest BCUT2D eigenvalue weighted by molar-refractivity contribution is -0.686. The number of carbonyl (C=O) groups is 1. The van der Waals surface area contributed by atoms with Crippen LogP contribution in [0, 0.1) is 0 Å². The van der Waals surface area contributed by atoms with Crippen LogP contribution in [0.4, 0.5) is 5.69 Å². The molecule has 0 bridgehead atoms. The molecule has 0 fully saturated rings. The summed E-state index contributed by atoms with van der Waals surface area (Å²) in [6.45, 7) is 6.84. The third-order valence-corrected chi connectivity index (χ3v) is 4.71. The fourth-order valence-electron chi connectivity index (χ4n) is 2.81. The molecule has 2 rings (SSSR count). The highest BCUT2D eigenvalue weighted by Gasteiger charge is 2.15. The lowest BCUT2D eigenvalue weighted by atomic mass is 10.0. The Labute approximate surface area is 153 Å². The van der Waals surface area contributed by atoms with E-state index in [0.29, 0.717) is 18.5 Å². The molecule has 0 aliphatic heterocycles. The molecule has 2 aromatic carbocycles. The van der Waals surface area contributed by atoms with Crippen molar-refractivity contribution >= 4 is 27.5 Å². The molecule has 1 atom stereocenters. The van der Waals surface area contributed by atoms with Crippen LogP contribution in [0.5, 0.6) is 0 Å². The molecule has 0 saturated heterocycles. The quantitative estimate of drug-likeness (QED) is 0.731. The first-order valence-corrected chi connectivity index (χ1v) is 9.28.